The van der Waals surface area contributed by atoms with Gasteiger partial charge in [-0.2, -0.15) is 4.37 Å². The molecule has 6 heteroatoms. The number of hydrogen-bond donors (Lipinski definition) is 0. The molecule has 1 aliphatic rings. The molecule has 140 valence electrons. The number of aromatic nitrogens is 2. The third-order valence-electron chi connectivity index (χ3n) is 4.96. The Kier molecular flexibility index (Phi) is 5.25. The summed E-state index contributed by atoms with van der Waals surface area (Å²) in [5, 5.41) is 1.03. The van der Waals surface area contributed by atoms with E-state index in [1.807, 2.05) is 18.2 Å². The van der Waals surface area contributed by atoms with E-state index in [1.165, 1.54) is 28.3 Å². The number of ether oxygens (including phenoxy) is 1. The summed E-state index contributed by atoms with van der Waals surface area (Å²) in [7, 11) is 1.69. The summed E-state index contributed by atoms with van der Waals surface area (Å²) in [6.07, 6.45) is 0.733. The molecule has 1 aromatic heterocycles. The highest BCUT2D eigenvalue weighted by molar-refractivity contribution is 7.09. The molecule has 3 aromatic rings. The lowest BCUT2D eigenvalue weighted by molar-refractivity contribution is 0.414. The fourth-order valence-corrected chi connectivity index (χ4v) is 4.20. The molecule has 0 amide bonds. The minimum absolute atomic E-state index is 0.733. The van der Waals surface area contributed by atoms with E-state index in [0.717, 1.165) is 49.3 Å². The number of aryl methyl sites for hydroxylation is 1. The summed E-state index contributed by atoms with van der Waals surface area (Å²) in [4.78, 5) is 9.59. The van der Waals surface area contributed by atoms with Crippen LogP contribution in [0.2, 0.25) is 0 Å². The SMILES string of the molecule is COc1cccc(Cc2nsc(N3CCN(c4ccccc4C)CC3)n2)c1. The first-order chi connectivity index (χ1) is 13.2. The lowest BCUT2D eigenvalue weighted by Crippen LogP contribution is -2.46. The van der Waals surface area contributed by atoms with Gasteiger partial charge in [-0.3, -0.25) is 0 Å². The van der Waals surface area contributed by atoms with Gasteiger partial charge in [-0.1, -0.05) is 30.3 Å². The molecular formula is C21H24N4OS. The fraction of sp³-hybridized carbons (Fsp3) is 0.333. The number of nitrogens with zero attached hydrogens (tertiary/aromatic N) is 4. The Bertz CT molecular complexity index is 902. The smallest absolute Gasteiger partial charge is 0.205 e. The number of para-hydroxylation sites is 1. The van der Waals surface area contributed by atoms with Gasteiger partial charge in [0.25, 0.3) is 0 Å². The molecule has 1 saturated heterocycles. The molecule has 0 radical (unpaired) electrons. The summed E-state index contributed by atoms with van der Waals surface area (Å²) in [5.74, 6) is 1.75. The quantitative estimate of drug-likeness (QED) is 0.674. The second-order valence-electron chi connectivity index (χ2n) is 6.78. The molecule has 27 heavy (non-hydrogen) atoms. The monoisotopic (exact) mass is 380 g/mol. The van der Waals surface area contributed by atoms with Crippen LogP contribution in [0.15, 0.2) is 48.5 Å². The molecular weight excluding hydrogens is 356 g/mol. The van der Waals surface area contributed by atoms with Crippen LogP contribution in [0.4, 0.5) is 10.8 Å². The predicted molar refractivity (Wildman–Crippen MR) is 111 cm³/mol. The average Bonchev–Trinajstić information content (AvgIpc) is 3.17. The van der Waals surface area contributed by atoms with Crippen LogP contribution in [0.1, 0.15) is 17.0 Å². The van der Waals surface area contributed by atoms with Crippen LogP contribution in [-0.4, -0.2) is 42.6 Å². The average molecular weight is 381 g/mol. The van der Waals surface area contributed by atoms with Crippen molar-refractivity contribution in [1.29, 1.82) is 0 Å². The van der Waals surface area contributed by atoms with Crippen LogP contribution in [0.5, 0.6) is 5.75 Å². The molecule has 0 atom stereocenters. The summed E-state index contributed by atoms with van der Waals surface area (Å²) in [5.41, 5.74) is 3.85. The normalized spacial score (nSPS) is 14.4. The summed E-state index contributed by atoms with van der Waals surface area (Å²) < 4.78 is 9.86. The van der Waals surface area contributed by atoms with Crippen molar-refractivity contribution in [2.45, 2.75) is 13.3 Å². The van der Waals surface area contributed by atoms with E-state index >= 15 is 0 Å². The number of anilines is 2. The van der Waals surface area contributed by atoms with Gasteiger partial charge in [0, 0.05) is 49.8 Å². The van der Waals surface area contributed by atoms with E-state index < -0.39 is 0 Å². The maximum absolute atomic E-state index is 5.30. The molecule has 1 fully saturated rings. The van der Waals surface area contributed by atoms with Gasteiger partial charge in [-0.05, 0) is 36.2 Å². The Balaban J connectivity index is 1.39. The largest absolute Gasteiger partial charge is 0.497 e. The van der Waals surface area contributed by atoms with Gasteiger partial charge in [0.15, 0.2) is 0 Å². The van der Waals surface area contributed by atoms with Crippen molar-refractivity contribution in [2.24, 2.45) is 0 Å². The van der Waals surface area contributed by atoms with Crippen LogP contribution < -0.4 is 14.5 Å². The third kappa shape index (κ3) is 4.06. The Morgan fingerprint density at radius 2 is 1.78 bits per heavy atom. The topological polar surface area (TPSA) is 41.5 Å². The van der Waals surface area contributed by atoms with E-state index in [9.17, 15) is 0 Å². The van der Waals surface area contributed by atoms with Crippen LogP contribution >= 0.6 is 11.5 Å². The Morgan fingerprint density at radius 3 is 2.56 bits per heavy atom. The van der Waals surface area contributed by atoms with Crippen molar-refractivity contribution in [3.8, 4) is 5.75 Å². The lowest BCUT2D eigenvalue weighted by atomic mass is 10.1. The minimum Gasteiger partial charge on any atom is -0.497 e. The first-order valence-electron chi connectivity index (χ1n) is 9.24. The van der Waals surface area contributed by atoms with Gasteiger partial charge in [-0.25, -0.2) is 4.98 Å². The molecule has 0 aliphatic carbocycles. The van der Waals surface area contributed by atoms with E-state index in [0.29, 0.717) is 0 Å². The molecule has 0 bridgehead atoms. The van der Waals surface area contributed by atoms with Crippen molar-refractivity contribution in [1.82, 2.24) is 9.36 Å². The van der Waals surface area contributed by atoms with Crippen LogP contribution in [0, 0.1) is 6.92 Å². The number of rotatable bonds is 5. The number of piperazine rings is 1. The third-order valence-corrected chi connectivity index (χ3v) is 5.77. The highest BCUT2D eigenvalue weighted by Crippen LogP contribution is 2.25. The number of methoxy groups -OCH3 is 1. The number of hydrogen-bond acceptors (Lipinski definition) is 6. The van der Waals surface area contributed by atoms with Gasteiger partial charge < -0.3 is 14.5 Å². The lowest BCUT2D eigenvalue weighted by Gasteiger charge is -2.36. The zero-order valence-electron chi connectivity index (χ0n) is 15.8. The van der Waals surface area contributed by atoms with Gasteiger partial charge in [0.2, 0.25) is 5.13 Å². The molecule has 4 rings (SSSR count). The Labute approximate surface area is 164 Å². The summed E-state index contributed by atoms with van der Waals surface area (Å²) in [6, 6.07) is 16.7. The minimum atomic E-state index is 0.733. The van der Waals surface area contributed by atoms with E-state index in [-0.39, 0.29) is 0 Å². The maximum atomic E-state index is 5.30. The maximum Gasteiger partial charge on any atom is 0.205 e. The Hall–Kier alpha value is -2.60. The van der Waals surface area contributed by atoms with Gasteiger partial charge in [0.05, 0.1) is 7.11 Å². The first kappa shape index (κ1) is 17.8. The second kappa shape index (κ2) is 7.96. The standard InChI is InChI=1S/C21H24N4OS/c1-16-6-3-4-9-19(16)24-10-12-25(13-11-24)21-22-20(23-27-21)15-17-7-5-8-18(14-17)26-2/h3-9,14H,10-13,15H2,1-2H3. The highest BCUT2D eigenvalue weighted by Gasteiger charge is 2.21. The van der Waals surface area contributed by atoms with E-state index in [1.54, 1.807) is 7.11 Å². The van der Waals surface area contributed by atoms with Crippen molar-refractivity contribution in [3.63, 3.8) is 0 Å². The predicted octanol–water partition coefficient (Wildman–Crippen LogP) is 3.77. The van der Waals surface area contributed by atoms with Gasteiger partial charge >= 0.3 is 0 Å². The van der Waals surface area contributed by atoms with Crippen LogP contribution in [0.3, 0.4) is 0 Å². The second-order valence-corrected chi connectivity index (χ2v) is 7.51. The zero-order chi connectivity index (χ0) is 18.6. The van der Waals surface area contributed by atoms with Crippen molar-refractivity contribution in [3.05, 3.63) is 65.5 Å². The van der Waals surface area contributed by atoms with Crippen molar-refractivity contribution in [2.75, 3.05) is 43.1 Å². The zero-order valence-corrected chi connectivity index (χ0v) is 16.6. The molecule has 2 aromatic carbocycles. The molecule has 0 saturated carbocycles. The molecule has 5 nitrogen and oxygen atoms in total. The number of benzene rings is 2. The first-order valence-corrected chi connectivity index (χ1v) is 10.0. The molecule has 1 aliphatic heterocycles. The molecule has 2 heterocycles. The molecule has 0 spiro atoms. The fourth-order valence-electron chi connectivity index (χ4n) is 3.47. The van der Waals surface area contributed by atoms with E-state index in [4.69, 9.17) is 9.72 Å². The van der Waals surface area contributed by atoms with Crippen molar-refractivity contribution < 1.29 is 4.74 Å². The molecule has 0 N–H and O–H groups in total. The molecule has 0 unspecified atom stereocenters. The summed E-state index contributed by atoms with van der Waals surface area (Å²) >= 11 is 1.50. The van der Waals surface area contributed by atoms with Crippen LogP contribution in [-0.2, 0) is 6.42 Å². The van der Waals surface area contributed by atoms with Gasteiger partial charge in [0.1, 0.15) is 11.6 Å². The van der Waals surface area contributed by atoms with Crippen LogP contribution in [0.25, 0.3) is 0 Å². The Morgan fingerprint density at radius 1 is 1.00 bits per heavy atom. The summed E-state index contributed by atoms with van der Waals surface area (Å²) in [6.45, 7) is 6.15. The highest BCUT2D eigenvalue weighted by atomic mass is 32.1. The van der Waals surface area contributed by atoms with Crippen molar-refractivity contribution >= 4 is 22.4 Å². The van der Waals surface area contributed by atoms with E-state index in [2.05, 4.69) is 51.4 Å². The van der Waals surface area contributed by atoms with Gasteiger partial charge in [-0.15, -0.1) is 0 Å².